The molecule has 0 aliphatic carbocycles. The van der Waals surface area contributed by atoms with E-state index in [2.05, 4.69) is 9.97 Å². The van der Waals surface area contributed by atoms with Crippen molar-refractivity contribution in [3.8, 4) is 11.4 Å². The van der Waals surface area contributed by atoms with E-state index in [-0.39, 0.29) is 0 Å². The molecule has 3 rings (SSSR count). The van der Waals surface area contributed by atoms with Gasteiger partial charge >= 0.3 is 0 Å². The molecule has 1 aromatic carbocycles. The lowest BCUT2D eigenvalue weighted by Gasteiger charge is -2.08. The van der Waals surface area contributed by atoms with Crippen LogP contribution in [0.1, 0.15) is 18.0 Å². The van der Waals surface area contributed by atoms with Gasteiger partial charge in [0.2, 0.25) is 0 Å². The summed E-state index contributed by atoms with van der Waals surface area (Å²) in [5.74, 6) is 1.23. The minimum atomic E-state index is 0.431. The summed E-state index contributed by atoms with van der Waals surface area (Å²) in [7, 11) is 0. The third-order valence-corrected chi connectivity index (χ3v) is 3.06. The second kappa shape index (κ2) is 4.63. The lowest BCUT2D eigenvalue weighted by Crippen LogP contribution is -2.02. The highest BCUT2D eigenvalue weighted by Gasteiger charge is 2.19. The first-order chi connectivity index (χ1) is 8.43. The van der Waals surface area contributed by atoms with E-state index in [1.54, 1.807) is 0 Å². The molecule has 0 radical (unpaired) electrons. The molecular formula is C14H14N2O. The summed E-state index contributed by atoms with van der Waals surface area (Å²) in [6.45, 7) is 1.63. The van der Waals surface area contributed by atoms with Crippen LogP contribution in [-0.4, -0.2) is 23.2 Å². The number of nitrogens with zero attached hydrogens (tertiary/aromatic N) is 2. The maximum atomic E-state index is 5.40. The molecule has 86 valence electrons. The predicted molar refractivity (Wildman–Crippen MR) is 65.6 cm³/mol. The minimum Gasteiger partial charge on any atom is -0.381 e. The highest BCUT2D eigenvalue weighted by Crippen LogP contribution is 2.24. The summed E-state index contributed by atoms with van der Waals surface area (Å²) < 4.78 is 5.40. The van der Waals surface area contributed by atoms with Crippen molar-refractivity contribution in [3.05, 3.63) is 48.3 Å². The zero-order chi connectivity index (χ0) is 11.5. The Morgan fingerprint density at radius 2 is 2.00 bits per heavy atom. The van der Waals surface area contributed by atoms with Gasteiger partial charge in [-0.05, 0) is 12.5 Å². The fourth-order valence-corrected chi connectivity index (χ4v) is 2.09. The summed E-state index contributed by atoms with van der Waals surface area (Å²) >= 11 is 0. The molecule has 3 heteroatoms. The quantitative estimate of drug-likeness (QED) is 0.789. The molecule has 1 atom stereocenters. The number of rotatable bonds is 2. The molecule has 2 heterocycles. The van der Waals surface area contributed by atoms with Crippen molar-refractivity contribution in [2.45, 2.75) is 12.3 Å². The van der Waals surface area contributed by atoms with E-state index < -0.39 is 0 Å². The average Bonchev–Trinajstić information content (AvgIpc) is 2.94. The average molecular weight is 226 g/mol. The van der Waals surface area contributed by atoms with Crippen LogP contribution in [0.5, 0.6) is 0 Å². The molecule has 0 spiro atoms. The first kappa shape index (κ1) is 10.4. The Morgan fingerprint density at radius 1 is 1.12 bits per heavy atom. The summed E-state index contributed by atoms with van der Waals surface area (Å²) in [5, 5.41) is 0. The lowest BCUT2D eigenvalue weighted by atomic mass is 10.0. The smallest absolute Gasteiger partial charge is 0.159 e. The Hall–Kier alpha value is -1.74. The molecular weight excluding hydrogens is 212 g/mol. The van der Waals surface area contributed by atoms with E-state index in [4.69, 9.17) is 4.74 Å². The van der Waals surface area contributed by atoms with Crippen molar-refractivity contribution < 1.29 is 4.74 Å². The van der Waals surface area contributed by atoms with Crippen LogP contribution in [0.4, 0.5) is 0 Å². The van der Waals surface area contributed by atoms with Crippen LogP contribution in [-0.2, 0) is 4.74 Å². The van der Waals surface area contributed by atoms with Gasteiger partial charge in [0.05, 0.1) is 6.61 Å². The Balaban J connectivity index is 1.94. The van der Waals surface area contributed by atoms with Gasteiger partial charge in [0.1, 0.15) is 0 Å². The lowest BCUT2D eigenvalue weighted by molar-refractivity contribution is 0.193. The Bertz CT molecular complexity index is 493. The first-order valence-electron chi connectivity index (χ1n) is 5.89. The highest BCUT2D eigenvalue weighted by atomic mass is 16.5. The van der Waals surface area contributed by atoms with Gasteiger partial charge in [-0.2, -0.15) is 0 Å². The molecule has 1 fully saturated rings. The van der Waals surface area contributed by atoms with Gasteiger partial charge in [-0.15, -0.1) is 0 Å². The van der Waals surface area contributed by atoms with Crippen molar-refractivity contribution in [2.24, 2.45) is 0 Å². The summed E-state index contributed by atoms with van der Waals surface area (Å²) in [4.78, 5) is 8.96. The number of benzene rings is 1. The molecule has 17 heavy (non-hydrogen) atoms. The molecule has 0 saturated carbocycles. The van der Waals surface area contributed by atoms with Gasteiger partial charge < -0.3 is 4.74 Å². The van der Waals surface area contributed by atoms with Crippen molar-refractivity contribution in [2.75, 3.05) is 13.2 Å². The van der Waals surface area contributed by atoms with Crippen LogP contribution in [0.2, 0.25) is 0 Å². The van der Waals surface area contributed by atoms with Crippen molar-refractivity contribution >= 4 is 0 Å². The van der Waals surface area contributed by atoms with E-state index in [1.165, 1.54) is 0 Å². The molecule has 1 aliphatic rings. The van der Waals surface area contributed by atoms with Crippen LogP contribution in [0.25, 0.3) is 11.4 Å². The van der Waals surface area contributed by atoms with Gasteiger partial charge in [-0.3, -0.25) is 0 Å². The second-order valence-electron chi connectivity index (χ2n) is 4.23. The number of aromatic nitrogens is 2. The Kier molecular flexibility index (Phi) is 2.84. The van der Waals surface area contributed by atoms with E-state index in [0.29, 0.717) is 5.92 Å². The maximum Gasteiger partial charge on any atom is 0.159 e. The molecule has 1 saturated heterocycles. The van der Waals surface area contributed by atoms with Crippen molar-refractivity contribution in [1.82, 2.24) is 9.97 Å². The zero-order valence-corrected chi connectivity index (χ0v) is 9.54. The Morgan fingerprint density at radius 3 is 2.76 bits per heavy atom. The normalized spacial score (nSPS) is 19.4. The van der Waals surface area contributed by atoms with E-state index in [0.717, 1.165) is 36.7 Å². The van der Waals surface area contributed by atoms with E-state index in [1.807, 2.05) is 42.6 Å². The Labute approximate surface area is 100 Å². The summed E-state index contributed by atoms with van der Waals surface area (Å²) in [6.07, 6.45) is 2.90. The van der Waals surface area contributed by atoms with Crippen LogP contribution in [0.3, 0.4) is 0 Å². The predicted octanol–water partition coefficient (Wildman–Crippen LogP) is 2.65. The van der Waals surface area contributed by atoms with Crippen molar-refractivity contribution in [1.29, 1.82) is 0 Å². The van der Waals surface area contributed by atoms with Crippen LogP contribution in [0.15, 0.2) is 42.6 Å². The molecule has 3 nitrogen and oxygen atoms in total. The fourth-order valence-electron chi connectivity index (χ4n) is 2.09. The number of hydrogen-bond acceptors (Lipinski definition) is 3. The van der Waals surface area contributed by atoms with Gasteiger partial charge in [-0.25, -0.2) is 9.97 Å². The van der Waals surface area contributed by atoms with Gasteiger partial charge in [-0.1, -0.05) is 30.3 Å². The summed E-state index contributed by atoms with van der Waals surface area (Å²) in [6, 6.07) is 12.1. The van der Waals surface area contributed by atoms with Crippen LogP contribution in [0, 0.1) is 0 Å². The molecule has 1 aliphatic heterocycles. The monoisotopic (exact) mass is 226 g/mol. The van der Waals surface area contributed by atoms with Gasteiger partial charge in [0.15, 0.2) is 5.82 Å². The van der Waals surface area contributed by atoms with Gasteiger partial charge in [0.25, 0.3) is 0 Å². The molecule has 0 amide bonds. The number of ether oxygens (including phenoxy) is 1. The molecule has 1 unspecified atom stereocenters. The SMILES string of the molecule is c1ccc(-c2nccc(C3CCOC3)n2)cc1. The second-order valence-corrected chi connectivity index (χ2v) is 4.23. The maximum absolute atomic E-state index is 5.40. The largest absolute Gasteiger partial charge is 0.381 e. The minimum absolute atomic E-state index is 0.431. The topological polar surface area (TPSA) is 35.0 Å². The standard InChI is InChI=1S/C14H14N2O/c1-2-4-11(5-3-1)14-15-8-6-13(16-14)12-7-9-17-10-12/h1-6,8,12H,7,9-10H2. The number of hydrogen-bond donors (Lipinski definition) is 0. The fraction of sp³-hybridized carbons (Fsp3) is 0.286. The van der Waals surface area contributed by atoms with E-state index >= 15 is 0 Å². The first-order valence-corrected chi connectivity index (χ1v) is 5.89. The van der Waals surface area contributed by atoms with Crippen LogP contribution >= 0.6 is 0 Å². The van der Waals surface area contributed by atoms with E-state index in [9.17, 15) is 0 Å². The molecule has 2 aromatic rings. The molecule has 1 aromatic heterocycles. The third-order valence-electron chi connectivity index (χ3n) is 3.06. The van der Waals surface area contributed by atoms with Crippen molar-refractivity contribution in [3.63, 3.8) is 0 Å². The third kappa shape index (κ3) is 2.19. The zero-order valence-electron chi connectivity index (χ0n) is 9.54. The van der Waals surface area contributed by atoms with Gasteiger partial charge in [0, 0.05) is 30.0 Å². The van der Waals surface area contributed by atoms with Crippen LogP contribution < -0.4 is 0 Å². The summed E-state index contributed by atoms with van der Waals surface area (Å²) in [5.41, 5.74) is 2.16. The highest BCUT2D eigenvalue weighted by molar-refractivity contribution is 5.54. The molecule has 0 bridgehead atoms. The molecule has 0 N–H and O–H groups in total.